The van der Waals surface area contributed by atoms with Crippen LogP contribution < -0.4 is 5.32 Å². The van der Waals surface area contributed by atoms with Gasteiger partial charge in [0.2, 0.25) is 5.91 Å². The predicted molar refractivity (Wildman–Crippen MR) is 86.5 cm³/mol. The number of nitrogens with one attached hydrogen (secondary N) is 1. The molecule has 1 aliphatic rings. The van der Waals surface area contributed by atoms with Crippen molar-refractivity contribution in [3.63, 3.8) is 0 Å². The van der Waals surface area contributed by atoms with Crippen LogP contribution >= 0.6 is 0 Å². The fourth-order valence-corrected chi connectivity index (χ4v) is 3.06. The van der Waals surface area contributed by atoms with Crippen LogP contribution in [0.3, 0.4) is 0 Å². The van der Waals surface area contributed by atoms with E-state index < -0.39 is 6.10 Å². The average molecular weight is 305 g/mol. The number of aliphatic hydroxyl groups excluding tert-OH is 1. The van der Waals surface area contributed by atoms with E-state index in [9.17, 15) is 9.90 Å². The largest absolute Gasteiger partial charge is 0.387 e. The van der Waals surface area contributed by atoms with Crippen LogP contribution in [0.1, 0.15) is 49.8 Å². The molecule has 1 fully saturated rings. The summed E-state index contributed by atoms with van der Waals surface area (Å²) in [6, 6.07) is 7.66. The Morgan fingerprint density at radius 2 is 2.18 bits per heavy atom. The molecule has 0 aliphatic heterocycles. The number of carbonyl (C=O) groups is 1. The molecule has 0 bridgehead atoms. The average Bonchev–Trinajstić information content (AvgIpc) is 2.51. The van der Waals surface area contributed by atoms with Crippen molar-refractivity contribution in [2.24, 2.45) is 5.92 Å². The molecule has 0 spiro atoms. The highest BCUT2D eigenvalue weighted by molar-refractivity contribution is 5.77. The van der Waals surface area contributed by atoms with Gasteiger partial charge in [0.05, 0.1) is 12.2 Å². The monoisotopic (exact) mass is 305 g/mol. The molecule has 4 nitrogen and oxygen atoms in total. The Kier molecular flexibility index (Phi) is 6.40. The lowest BCUT2D eigenvalue weighted by molar-refractivity contribution is -0.129. The maximum absolute atomic E-state index is 11.8. The Morgan fingerprint density at radius 3 is 2.91 bits per heavy atom. The molecule has 0 saturated heterocycles. The lowest BCUT2D eigenvalue weighted by atomic mass is 9.89. The molecule has 3 atom stereocenters. The fourth-order valence-electron chi connectivity index (χ4n) is 3.06. The van der Waals surface area contributed by atoms with E-state index in [4.69, 9.17) is 4.74 Å². The molecule has 1 aromatic carbocycles. The third kappa shape index (κ3) is 5.11. The Morgan fingerprint density at radius 1 is 1.41 bits per heavy atom. The number of carbonyl (C=O) groups excluding carboxylic acids is 1. The number of hydrogen-bond acceptors (Lipinski definition) is 3. The Hall–Kier alpha value is -1.39. The van der Waals surface area contributed by atoms with E-state index in [0.29, 0.717) is 5.92 Å². The van der Waals surface area contributed by atoms with Crippen molar-refractivity contribution in [2.75, 3.05) is 13.2 Å². The van der Waals surface area contributed by atoms with Crippen molar-refractivity contribution >= 4 is 5.91 Å². The number of ether oxygens (including phenoxy) is 1. The molecule has 22 heavy (non-hydrogen) atoms. The zero-order chi connectivity index (χ0) is 15.9. The third-order valence-corrected chi connectivity index (χ3v) is 4.38. The number of rotatable bonds is 6. The van der Waals surface area contributed by atoms with Crippen LogP contribution in [-0.2, 0) is 9.53 Å². The highest BCUT2D eigenvalue weighted by atomic mass is 16.5. The summed E-state index contributed by atoms with van der Waals surface area (Å²) in [7, 11) is 0. The minimum absolute atomic E-state index is 0.0812. The highest BCUT2D eigenvalue weighted by Gasteiger charge is 2.20. The highest BCUT2D eigenvalue weighted by Crippen LogP contribution is 2.25. The standard InChI is InChI=1S/C18H27NO3/c1-13-6-5-8-15(10-13)22-12-18(21)19-11-17(20)16-9-4-3-7-14(16)2/h3-4,7,9,13,15,17,20H,5-6,8,10-12H2,1-2H3,(H,19,21). The van der Waals surface area contributed by atoms with Gasteiger partial charge in [-0.2, -0.15) is 0 Å². The van der Waals surface area contributed by atoms with Crippen LogP contribution in [0.2, 0.25) is 0 Å². The lowest BCUT2D eigenvalue weighted by Crippen LogP contribution is -2.34. The van der Waals surface area contributed by atoms with E-state index >= 15 is 0 Å². The van der Waals surface area contributed by atoms with Gasteiger partial charge in [-0.1, -0.05) is 44.0 Å². The van der Waals surface area contributed by atoms with Crippen LogP contribution in [0.5, 0.6) is 0 Å². The summed E-state index contributed by atoms with van der Waals surface area (Å²) in [4.78, 5) is 11.8. The molecule has 0 aromatic heterocycles. The summed E-state index contributed by atoms with van der Waals surface area (Å²) in [6.07, 6.45) is 4.05. The Bertz CT molecular complexity index is 489. The SMILES string of the molecule is Cc1ccccc1C(O)CNC(=O)COC1CCCC(C)C1. The predicted octanol–water partition coefficient (Wildman–Crippen LogP) is 2.74. The molecule has 3 unspecified atom stereocenters. The van der Waals surface area contributed by atoms with Crippen molar-refractivity contribution in [3.05, 3.63) is 35.4 Å². The van der Waals surface area contributed by atoms with Gasteiger partial charge in [0.1, 0.15) is 6.61 Å². The molecule has 122 valence electrons. The van der Waals surface area contributed by atoms with Gasteiger partial charge in [0.15, 0.2) is 0 Å². The first-order chi connectivity index (χ1) is 10.6. The van der Waals surface area contributed by atoms with E-state index in [-0.39, 0.29) is 25.2 Å². The van der Waals surface area contributed by atoms with Crippen molar-refractivity contribution < 1.29 is 14.6 Å². The number of aryl methyl sites for hydroxylation is 1. The summed E-state index contributed by atoms with van der Waals surface area (Å²) in [5.74, 6) is 0.524. The van der Waals surface area contributed by atoms with Crippen LogP contribution in [0.4, 0.5) is 0 Å². The molecule has 1 aliphatic carbocycles. The lowest BCUT2D eigenvalue weighted by Gasteiger charge is -2.26. The van der Waals surface area contributed by atoms with Crippen LogP contribution in [-0.4, -0.2) is 30.3 Å². The van der Waals surface area contributed by atoms with Gasteiger partial charge in [0, 0.05) is 6.54 Å². The second-order valence-corrected chi connectivity index (χ2v) is 6.38. The number of aliphatic hydroxyl groups is 1. The molecule has 1 saturated carbocycles. The summed E-state index contributed by atoms with van der Waals surface area (Å²) in [5, 5.41) is 12.9. The van der Waals surface area contributed by atoms with Crippen molar-refractivity contribution in [1.29, 1.82) is 0 Å². The van der Waals surface area contributed by atoms with Gasteiger partial charge in [-0.15, -0.1) is 0 Å². The number of amides is 1. The van der Waals surface area contributed by atoms with Crippen molar-refractivity contribution in [2.45, 2.75) is 51.7 Å². The van der Waals surface area contributed by atoms with E-state index in [1.165, 1.54) is 12.8 Å². The van der Waals surface area contributed by atoms with Crippen molar-refractivity contribution in [1.82, 2.24) is 5.32 Å². The van der Waals surface area contributed by atoms with Gasteiger partial charge >= 0.3 is 0 Å². The van der Waals surface area contributed by atoms with Crippen LogP contribution in [0, 0.1) is 12.8 Å². The first-order valence-corrected chi connectivity index (χ1v) is 8.18. The Labute approximate surface area is 132 Å². The van der Waals surface area contributed by atoms with Gasteiger partial charge in [0.25, 0.3) is 0 Å². The zero-order valence-electron chi connectivity index (χ0n) is 13.5. The summed E-state index contributed by atoms with van der Waals surface area (Å²) < 4.78 is 5.68. The maximum atomic E-state index is 11.8. The van der Waals surface area contributed by atoms with Crippen LogP contribution in [0.15, 0.2) is 24.3 Å². The molecular weight excluding hydrogens is 278 g/mol. The van der Waals surface area contributed by atoms with E-state index in [1.807, 2.05) is 31.2 Å². The third-order valence-electron chi connectivity index (χ3n) is 4.38. The second-order valence-electron chi connectivity index (χ2n) is 6.38. The fraction of sp³-hybridized carbons (Fsp3) is 0.611. The topological polar surface area (TPSA) is 58.6 Å². The van der Waals surface area contributed by atoms with Gasteiger partial charge in [-0.3, -0.25) is 4.79 Å². The minimum Gasteiger partial charge on any atom is -0.387 e. The number of benzene rings is 1. The molecule has 4 heteroatoms. The molecule has 1 aromatic rings. The van der Waals surface area contributed by atoms with Crippen LogP contribution in [0.25, 0.3) is 0 Å². The van der Waals surface area contributed by atoms with Gasteiger partial charge < -0.3 is 15.2 Å². The quantitative estimate of drug-likeness (QED) is 0.849. The smallest absolute Gasteiger partial charge is 0.246 e. The second kappa shape index (κ2) is 8.30. The zero-order valence-corrected chi connectivity index (χ0v) is 13.5. The molecule has 2 rings (SSSR count). The first-order valence-electron chi connectivity index (χ1n) is 8.18. The minimum atomic E-state index is -0.681. The molecule has 1 amide bonds. The normalized spacial score (nSPS) is 23.0. The molecule has 2 N–H and O–H groups in total. The van der Waals surface area contributed by atoms with E-state index in [0.717, 1.165) is 24.0 Å². The van der Waals surface area contributed by atoms with Gasteiger partial charge in [-0.05, 0) is 36.8 Å². The summed E-state index contributed by atoms with van der Waals surface area (Å²) >= 11 is 0. The molecule has 0 radical (unpaired) electrons. The first kappa shape index (κ1) is 17.0. The van der Waals surface area contributed by atoms with E-state index in [2.05, 4.69) is 12.2 Å². The molecule has 0 heterocycles. The number of hydrogen-bond donors (Lipinski definition) is 2. The van der Waals surface area contributed by atoms with Crippen molar-refractivity contribution in [3.8, 4) is 0 Å². The molecular formula is C18H27NO3. The Balaban J connectivity index is 1.70. The van der Waals surface area contributed by atoms with Gasteiger partial charge in [-0.25, -0.2) is 0 Å². The summed E-state index contributed by atoms with van der Waals surface area (Å²) in [5.41, 5.74) is 1.88. The summed E-state index contributed by atoms with van der Waals surface area (Å²) in [6.45, 7) is 4.48. The van der Waals surface area contributed by atoms with E-state index in [1.54, 1.807) is 0 Å². The maximum Gasteiger partial charge on any atom is 0.246 e.